The largest absolute Gasteiger partial charge is 0.337 e. The number of aryl methyl sites for hydroxylation is 4. The zero-order valence-corrected chi connectivity index (χ0v) is 32.5. The first kappa shape index (κ1) is 38.2. The maximum absolute atomic E-state index is 4.99. The van der Waals surface area contributed by atoms with Crippen LogP contribution in [0, 0.1) is 0 Å². The Morgan fingerprint density at radius 1 is 0.315 bits per heavy atom. The Kier molecular flexibility index (Phi) is 13.8. The minimum absolute atomic E-state index is 0.431. The molecule has 0 saturated carbocycles. The molecular weight excluding hydrogens is 665 g/mol. The Morgan fingerprint density at radius 3 is 0.704 bits per heavy atom. The molecule has 0 aliphatic carbocycles. The lowest BCUT2D eigenvalue weighted by molar-refractivity contribution is 0.795. The zero-order chi connectivity index (χ0) is 37.5. The van der Waals surface area contributed by atoms with Gasteiger partial charge < -0.3 is 21.3 Å². The van der Waals surface area contributed by atoms with Crippen molar-refractivity contribution < 1.29 is 0 Å². The van der Waals surface area contributed by atoms with Gasteiger partial charge >= 0.3 is 0 Å². The second kappa shape index (κ2) is 19.5. The van der Waals surface area contributed by atoms with Crippen LogP contribution in [0.1, 0.15) is 101 Å². The number of hydrogen-bond donors (Lipinski definition) is 4. The lowest BCUT2D eigenvalue weighted by Gasteiger charge is -2.11. The fraction of sp³-hybridized carbons (Fsp3) is 0.348. The number of rotatable bonds is 16. The van der Waals surface area contributed by atoms with E-state index in [0.29, 0.717) is 35.0 Å². The summed E-state index contributed by atoms with van der Waals surface area (Å²) in [5.74, 6) is 3.31. The molecule has 0 fully saturated rings. The monoisotopic (exact) mass is 720 g/mol. The number of amidine groups is 4. The highest BCUT2D eigenvalue weighted by Crippen LogP contribution is 2.26. The van der Waals surface area contributed by atoms with Gasteiger partial charge in [-0.15, -0.1) is 0 Å². The molecule has 8 nitrogen and oxygen atoms in total. The maximum Gasteiger partial charge on any atom is 0.202 e. The van der Waals surface area contributed by atoms with Crippen molar-refractivity contribution in [1.82, 2.24) is 0 Å². The lowest BCUT2D eigenvalue weighted by Crippen LogP contribution is -2.27. The van der Waals surface area contributed by atoms with Crippen LogP contribution in [0.4, 0.5) is 22.7 Å². The minimum Gasteiger partial charge on any atom is -0.337 e. The molecule has 2 aliphatic rings. The molecule has 54 heavy (non-hydrogen) atoms. The third-order valence-corrected chi connectivity index (χ3v) is 9.66. The summed E-state index contributed by atoms with van der Waals surface area (Å²) in [5.41, 5.74) is 9.08. The van der Waals surface area contributed by atoms with Crippen LogP contribution in [0.5, 0.6) is 0 Å². The molecule has 2 heterocycles. The highest BCUT2D eigenvalue weighted by Gasteiger charge is 2.26. The van der Waals surface area contributed by atoms with Crippen molar-refractivity contribution in [3.05, 3.63) is 131 Å². The standard InChI is InChI=1S/C46H56N8/c1-5-9-13-33-17-25-37(26-18-33)47-41-42(48-38-27-19-34(20-28-38)14-10-6-2)52-45(51-41)46-53-43(49-39-29-21-35(22-30-39)15-11-7-3)44(54-46)50-40-31-23-36(24-32-40)16-12-8-4/h17-32H,5-16H2,1-4H3,(H,47,51)(H,48,52)(H,49,53)(H,50,54). The Bertz CT molecular complexity index is 1680. The van der Waals surface area contributed by atoms with E-state index < -0.39 is 0 Å². The van der Waals surface area contributed by atoms with Crippen molar-refractivity contribution in [2.45, 2.75) is 105 Å². The van der Waals surface area contributed by atoms with E-state index in [9.17, 15) is 0 Å². The number of nitrogens with one attached hydrogen (secondary N) is 4. The predicted molar refractivity (Wildman–Crippen MR) is 231 cm³/mol. The van der Waals surface area contributed by atoms with Gasteiger partial charge in [0.1, 0.15) is 0 Å². The van der Waals surface area contributed by atoms with Crippen molar-refractivity contribution >= 4 is 46.1 Å². The van der Waals surface area contributed by atoms with Crippen LogP contribution in [0.3, 0.4) is 0 Å². The Labute approximate surface area is 322 Å². The molecule has 0 saturated heterocycles. The van der Waals surface area contributed by atoms with Crippen LogP contribution in [0.25, 0.3) is 0 Å². The van der Waals surface area contributed by atoms with Crippen molar-refractivity contribution in [3.63, 3.8) is 0 Å². The van der Waals surface area contributed by atoms with Gasteiger partial charge in [-0.2, -0.15) is 0 Å². The smallest absolute Gasteiger partial charge is 0.202 e. The summed E-state index contributed by atoms with van der Waals surface area (Å²) in [6.07, 6.45) is 13.7. The van der Waals surface area contributed by atoms with Gasteiger partial charge in [0, 0.05) is 22.7 Å². The van der Waals surface area contributed by atoms with E-state index in [4.69, 9.17) is 20.0 Å². The molecule has 4 aromatic rings. The summed E-state index contributed by atoms with van der Waals surface area (Å²) in [7, 11) is 0. The molecule has 0 radical (unpaired) electrons. The number of benzene rings is 4. The van der Waals surface area contributed by atoms with E-state index >= 15 is 0 Å². The summed E-state index contributed by atoms with van der Waals surface area (Å²) in [5, 5.41) is 14.1. The fourth-order valence-electron chi connectivity index (χ4n) is 6.32. The topological polar surface area (TPSA) is 97.6 Å². The summed E-state index contributed by atoms with van der Waals surface area (Å²) < 4.78 is 0. The van der Waals surface area contributed by atoms with E-state index in [1.54, 1.807) is 0 Å². The number of anilines is 4. The normalized spacial score (nSPS) is 13.7. The first-order chi connectivity index (χ1) is 26.5. The molecule has 0 amide bonds. The number of nitrogens with zero attached hydrogens (tertiary/aromatic N) is 4. The number of unbranched alkanes of at least 4 members (excludes halogenated alkanes) is 4. The number of hydrogen-bond acceptors (Lipinski definition) is 8. The van der Waals surface area contributed by atoms with Gasteiger partial charge in [0.25, 0.3) is 0 Å². The van der Waals surface area contributed by atoms with Crippen LogP contribution in [0.2, 0.25) is 0 Å². The second-order valence-corrected chi connectivity index (χ2v) is 14.2. The molecule has 4 N–H and O–H groups in total. The number of aliphatic imine (C=N–C) groups is 4. The van der Waals surface area contributed by atoms with Crippen LogP contribution in [0.15, 0.2) is 129 Å². The van der Waals surface area contributed by atoms with Crippen molar-refractivity contribution in [1.29, 1.82) is 0 Å². The van der Waals surface area contributed by atoms with E-state index in [-0.39, 0.29) is 0 Å². The van der Waals surface area contributed by atoms with Crippen molar-refractivity contribution in [2.24, 2.45) is 20.0 Å². The third kappa shape index (κ3) is 10.8. The molecule has 0 unspecified atom stereocenters. The first-order valence-electron chi connectivity index (χ1n) is 20.1. The molecule has 8 heteroatoms. The molecule has 2 aliphatic heterocycles. The van der Waals surface area contributed by atoms with Crippen molar-refractivity contribution in [2.75, 3.05) is 21.3 Å². The van der Waals surface area contributed by atoms with E-state index in [0.717, 1.165) is 48.4 Å². The Morgan fingerprint density at radius 2 is 0.519 bits per heavy atom. The summed E-state index contributed by atoms with van der Waals surface area (Å²) in [6.45, 7) is 8.89. The van der Waals surface area contributed by atoms with Gasteiger partial charge in [-0.05, 0) is 122 Å². The predicted octanol–water partition coefficient (Wildman–Crippen LogP) is 11.6. The fourth-order valence-corrected chi connectivity index (χ4v) is 6.32. The average Bonchev–Trinajstić information content (AvgIpc) is 3.79. The highest BCUT2D eigenvalue weighted by molar-refractivity contribution is 6.51. The quantitative estimate of drug-likeness (QED) is 0.0926. The molecule has 4 aromatic carbocycles. The van der Waals surface area contributed by atoms with Crippen LogP contribution >= 0.6 is 0 Å². The molecule has 0 spiro atoms. The Hall–Kier alpha value is -5.50. The molecule has 0 atom stereocenters. The molecule has 280 valence electrons. The van der Waals surface area contributed by atoms with E-state index in [2.05, 4.69) is 146 Å². The van der Waals surface area contributed by atoms with Gasteiger partial charge in [-0.3, -0.25) is 0 Å². The molecule has 6 rings (SSSR count). The zero-order valence-electron chi connectivity index (χ0n) is 32.5. The molecular formula is C46H56N8. The van der Waals surface area contributed by atoms with Gasteiger partial charge in [-0.1, -0.05) is 102 Å². The second-order valence-electron chi connectivity index (χ2n) is 14.2. The van der Waals surface area contributed by atoms with E-state index in [1.807, 2.05) is 0 Å². The van der Waals surface area contributed by atoms with Gasteiger partial charge in [-0.25, -0.2) is 20.0 Å². The van der Waals surface area contributed by atoms with Crippen LogP contribution < -0.4 is 21.3 Å². The van der Waals surface area contributed by atoms with Crippen molar-refractivity contribution in [3.8, 4) is 0 Å². The van der Waals surface area contributed by atoms with E-state index in [1.165, 1.54) is 73.6 Å². The summed E-state index contributed by atoms with van der Waals surface area (Å²) in [4.78, 5) is 19.9. The molecule has 0 aromatic heterocycles. The summed E-state index contributed by atoms with van der Waals surface area (Å²) in [6, 6.07) is 34.3. The highest BCUT2D eigenvalue weighted by atomic mass is 15.3. The lowest BCUT2D eigenvalue weighted by atomic mass is 10.1. The van der Waals surface area contributed by atoms with Gasteiger partial charge in [0.15, 0.2) is 23.3 Å². The maximum atomic E-state index is 4.99. The third-order valence-electron chi connectivity index (χ3n) is 9.66. The average molecular weight is 721 g/mol. The van der Waals surface area contributed by atoms with Crippen LogP contribution in [-0.4, -0.2) is 23.3 Å². The first-order valence-corrected chi connectivity index (χ1v) is 20.1. The van der Waals surface area contributed by atoms with Gasteiger partial charge in [0.05, 0.1) is 0 Å². The molecule has 0 bridgehead atoms. The Balaban J connectivity index is 1.31. The summed E-state index contributed by atoms with van der Waals surface area (Å²) >= 11 is 0. The van der Waals surface area contributed by atoms with Crippen LogP contribution in [-0.2, 0) is 25.7 Å². The van der Waals surface area contributed by atoms with Gasteiger partial charge in [0.2, 0.25) is 11.6 Å². The minimum atomic E-state index is 0.431. The SMILES string of the molecule is CCCCc1ccc(NC2=NC(=C3N=C(Nc4ccc(CCCC)cc4)C(Nc4ccc(CCCC)cc4)=N3)N=C2Nc2ccc(CCCC)cc2)cc1.